The highest BCUT2D eigenvalue weighted by atomic mass is 16.5. The number of hydrogen-bond donors (Lipinski definition) is 2. The van der Waals surface area contributed by atoms with E-state index in [9.17, 15) is 10.2 Å². The molecule has 0 aromatic heterocycles. The molecule has 1 saturated heterocycles. The summed E-state index contributed by atoms with van der Waals surface area (Å²) in [5, 5.41) is 20.4. The van der Waals surface area contributed by atoms with Crippen molar-refractivity contribution in [2.24, 2.45) is 5.92 Å². The molecule has 3 aromatic carbocycles. The maximum Gasteiger partial charge on any atom is 0.231 e. The van der Waals surface area contributed by atoms with Gasteiger partial charge in [-0.1, -0.05) is 37.6 Å². The van der Waals surface area contributed by atoms with Gasteiger partial charge in [0.05, 0.1) is 6.57 Å². The molecule has 0 aliphatic carbocycles. The van der Waals surface area contributed by atoms with Gasteiger partial charge in [-0.15, -0.1) is 0 Å². The maximum absolute atomic E-state index is 10.3. The Kier molecular flexibility index (Phi) is 6.58. The second kappa shape index (κ2) is 9.96. The molecule has 0 bridgehead atoms. The van der Waals surface area contributed by atoms with Crippen molar-refractivity contribution in [2.75, 3.05) is 26.2 Å². The third kappa shape index (κ3) is 4.62. The van der Waals surface area contributed by atoms with Crippen LogP contribution in [0.5, 0.6) is 23.0 Å². The van der Waals surface area contributed by atoms with Crippen LogP contribution in [0.2, 0.25) is 0 Å². The fourth-order valence-corrected chi connectivity index (χ4v) is 4.99. The van der Waals surface area contributed by atoms with Crippen molar-refractivity contribution in [3.8, 4) is 23.0 Å². The van der Waals surface area contributed by atoms with Crippen LogP contribution < -0.4 is 9.47 Å². The van der Waals surface area contributed by atoms with Crippen molar-refractivity contribution in [3.63, 3.8) is 0 Å². The van der Waals surface area contributed by atoms with Crippen molar-refractivity contribution >= 4 is 16.8 Å². The largest absolute Gasteiger partial charge is 0.519 e. The first-order chi connectivity index (χ1) is 17.5. The highest BCUT2D eigenvalue weighted by molar-refractivity contribution is 5.96. The fraction of sp³-hybridized carbons (Fsp3) is 0.300. The van der Waals surface area contributed by atoms with Gasteiger partial charge in [-0.3, -0.25) is 4.90 Å². The molecule has 5 rings (SSSR count). The lowest BCUT2D eigenvalue weighted by Gasteiger charge is -2.38. The van der Waals surface area contributed by atoms with Crippen LogP contribution in [-0.4, -0.2) is 41.4 Å². The predicted octanol–water partition coefficient (Wildman–Crippen LogP) is 6.43. The summed E-state index contributed by atoms with van der Waals surface area (Å²) in [5.74, 6) is 2.27. The topological polar surface area (TPSA) is 66.5 Å². The summed E-state index contributed by atoms with van der Waals surface area (Å²) >= 11 is 0. The summed E-state index contributed by atoms with van der Waals surface area (Å²) in [4.78, 5) is 5.83. The molecule has 6 nitrogen and oxygen atoms in total. The number of rotatable bonds is 7. The van der Waals surface area contributed by atoms with E-state index in [4.69, 9.17) is 16.0 Å². The second-order valence-corrected chi connectivity index (χ2v) is 9.49. The van der Waals surface area contributed by atoms with E-state index in [0.29, 0.717) is 12.4 Å². The Labute approximate surface area is 211 Å². The second-order valence-electron chi connectivity index (χ2n) is 9.49. The van der Waals surface area contributed by atoms with E-state index in [0.717, 1.165) is 59.1 Å². The first-order valence-corrected chi connectivity index (χ1v) is 12.3. The number of nitrogens with zero attached hydrogens (tertiary/aromatic N) is 2. The average Bonchev–Trinajstić information content (AvgIpc) is 2.85. The van der Waals surface area contributed by atoms with Crippen molar-refractivity contribution in [3.05, 3.63) is 88.8 Å². The van der Waals surface area contributed by atoms with Crippen molar-refractivity contribution < 1.29 is 19.7 Å². The molecule has 2 aliphatic heterocycles. The van der Waals surface area contributed by atoms with E-state index in [-0.39, 0.29) is 17.2 Å². The molecular weight excluding hydrogens is 452 g/mol. The van der Waals surface area contributed by atoms with Gasteiger partial charge in [0.2, 0.25) is 5.69 Å². The molecule has 36 heavy (non-hydrogen) atoms. The normalized spacial score (nSPS) is 17.6. The highest BCUT2D eigenvalue weighted by Crippen LogP contribution is 2.49. The van der Waals surface area contributed by atoms with Crippen LogP contribution in [0.4, 0.5) is 5.69 Å². The molecule has 2 heterocycles. The number of allylic oxidation sites excluding steroid dienone is 1. The molecule has 2 aliphatic rings. The van der Waals surface area contributed by atoms with Crippen LogP contribution in [0.25, 0.3) is 16.0 Å². The number of aromatic hydroxyl groups is 2. The monoisotopic (exact) mass is 482 g/mol. The zero-order chi connectivity index (χ0) is 25.2. The van der Waals surface area contributed by atoms with Gasteiger partial charge in [-0.05, 0) is 65.9 Å². The van der Waals surface area contributed by atoms with Crippen LogP contribution in [0, 0.1) is 12.5 Å². The van der Waals surface area contributed by atoms with E-state index in [1.54, 1.807) is 30.3 Å². The van der Waals surface area contributed by atoms with Gasteiger partial charge >= 0.3 is 0 Å². The first kappa shape index (κ1) is 23.8. The Morgan fingerprint density at radius 2 is 1.86 bits per heavy atom. The summed E-state index contributed by atoms with van der Waals surface area (Å²) < 4.78 is 12.4. The Bertz CT molecular complexity index is 1330. The van der Waals surface area contributed by atoms with Crippen LogP contribution >= 0.6 is 0 Å². The van der Waals surface area contributed by atoms with E-state index < -0.39 is 6.10 Å². The Hall–Kier alpha value is -3.95. The van der Waals surface area contributed by atoms with Gasteiger partial charge in [-0.25, -0.2) is 4.85 Å². The molecule has 3 aromatic rings. The summed E-state index contributed by atoms with van der Waals surface area (Å²) in [5.41, 5.74) is 4.45. The van der Waals surface area contributed by atoms with Gasteiger partial charge in [0.15, 0.2) is 0 Å². The van der Waals surface area contributed by atoms with Crippen LogP contribution in [-0.2, 0) is 0 Å². The van der Waals surface area contributed by atoms with Gasteiger partial charge in [0.1, 0.15) is 35.7 Å². The number of phenolic OH excluding ortho intramolecular Hbond substituents is 2. The zero-order valence-corrected chi connectivity index (χ0v) is 20.6. The highest BCUT2D eigenvalue weighted by Gasteiger charge is 2.30. The summed E-state index contributed by atoms with van der Waals surface area (Å²) in [6, 6.07) is 18.1. The Morgan fingerprint density at radius 3 is 2.56 bits per heavy atom. The lowest BCUT2D eigenvalue weighted by molar-refractivity contribution is 0.0806. The first-order valence-electron chi connectivity index (χ1n) is 12.3. The van der Waals surface area contributed by atoms with Crippen molar-refractivity contribution in [1.82, 2.24) is 4.90 Å². The molecule has 2 N–H and O–H groups in total. The third-order valence-corrected chi connectivity index (χ3v) is 7.14. The lowest BCUT2D eigenvalue weighted by Crippen LogP contribution is -2.47. The van der Waals surface area contributed by atoms with Gasteiger partial charge in [0, 0.05) is 30.8 Å². The Balaban J connectivity index is 1.42. The minimum atomic E-state index is -0.455. The molecule has 0 spiro atoms. The summed E-state index contributed by atoms with van der Waals surface area (Å²) in [6.45, 7) is 15.5. The van der Waals surface area contributed by atoms with Crippen LogP contribution in [0.3, 0.4) is 0 Å². The number of benzene rings is 3. The fourth-order valence-electron chi connectivity index (χ4n) is 4.99. The summed E-state index contributed by atoms with van der Waals surface area (Å²) in [7, 11) is 0. The van der Waals surface area contributed by atoms with E-state index in [1.807, 2.05) is 37.3 Å². The molecule has 1 fully saturated rings. The lowest BCUT2D eigenvalue weighted by atomic mass is 9.86. The van der Waals surface area contributed by atoms with Crippen molar-refractivity contribution in [1.29, 1.82) is 0 Å². The summed E-state index contributed by atoms with van der Waals surface area (Å²) in [6.07, 6.45) is 0.786. The number of hydrogen-bond acceptors (Lipinski definition) is 5. The smallest absolute Gasteiger partial charge is 0.231 e. The molecule has 0 radical (unpaired) electrons. The molecule has 0 amide bonds. The molecular formula is C30H30N2O4. The molecule has 6 heteroatoms. The third-order valence-electron chi connectivity index (χ3n) is 7.14. The minimum absolute atomic E-state index is 0.0784. The average molecular weight is 483 g/mol. The predicted molar refractivity (Wildman–Crippen MR) is 140 cm³/mol. The van der Waals surface area contributed by atoms with Crippen molar-refractivity contribution in [2.45, 2.75) is 26.4 Å². The molecule has 184 valence electrons. The van der Waals surface area contributed by atoms with E-state index in [2.05, 4.69) is 16.7 Å². The SMILES string of the molecule is [C-]#[N+]c1cc2c(cc1O)C(C)=C(c1cccc(O)c1)[C@H](c1ccc(OCCN3CC(CC)C3)cc1)O2. The number of fused-ring (bicyclic) bond motifs is 1. The van der Waals surface area contributed by atoms with Gasteiger partial charge in [-0.2, -0.15) is 0 Å². The number of phenols is 2. The van der Waals surface area contributed by atoms with Crippen LogP contribution in [0.15, 0.2) is 60.7 Å². The van der Waals surface area contributed by atoms with E-state index in [1.165, 1.54) is 6.42 Å². The molecule has 0 saturated carbocycles. The minimum Gasteiger partial charge on any atom is -0.519 e. The van der Waals surface area contributed by atoms with Gasteiger partial charge in [0.25, 0.3) is 0 Å². The Morgan fingerprint density at radius 1 is 1.08 bits per heavy atom. The number of ether oxygens (including phenoxy) is 2. The zero-order valence-electron chi connectivity index (χ0n) is 20.6. The van der Waals surface area contributed by atoms with E-state index >= 15 is 0 Å². The number of likely N-dealkylation sites (tertiary alicyclic amines) is 1. The quantitative estimate of drug-likeness (QED) is 0.380. The maximum atomic E-state index is 10.3. The molecule has 0 unspecified atom stereocenters. The molecule has 1 atom stereocenters. The standard InChI is InChI=1S/C30H30N2O4/c1-4-20-17-32(18-20)12-13-35-24-10-8-21(9-11-24)30-29(22-6-5-7-23(33)14-22)19(2)25-15-27(34)26(31-3)16-28(25)36-30/h5-11,14-16,20,30,33-34H,4,12-13,17-18H2,1-2H3/t30-/m0/s1. The van der Waals surface area contributed by atoms with Crippen LogP contribution in [0.1, 0.15) is 43.1 Å². The van der Waals surface area contributed by atoms with Gasteiger partial charge < -0.3 is 19.7 Å².